The maximum absolute atomic E-state index is 10.8. The molecular weight excluding hydrogens is 244 g/mol. The monoisotopic (exact) mass is 256 g/mol. The maximum Gasteiger partial charge on any atom is 0.271 e. The molecule has 5 heteroatoms. The molecule has 0 aliphatic rings. The summed E-state index contributed by atoms with van der Waals surface area (Å²) in [5.41, 5.74) is 0.936. The van der Waals surface area contributed by atoms with E-state index in [2.05, 4.69) is 0 Å². The average molecular weight is 256 g/mol. The summed E-state index contributed by atoms with van der Waals surface area (Å²) in [6.45, 7) is 2.46. The van der Waals surface area contributed by atoms with Gasteiger partial charge in [-0.15, -0.1) is 0 Å². The number of nitrogens with zero attached hydrogens (tertiary/aromatic N) is 2. The number of rotatable bonds is 3. The molecule has 2 aromatic heterocycles. The number of aryl methyl sites for hydroxylation is 1. The molecule has 0 saturated carbocycles. The lowest BCUT2D eigenvalue weighted by atomic mass is 10.2. The van der Waals surface area contributed by atoms with Crippen molar-refractivity contribution in [1.29, 1.82) is 0 Å². The lowest BCUT2D eigenvalue weighted by Crippen LogP contribution is -1.97. The van der Waals surface area contributed by atoms with Crippen LogP contribution in [0.4, 0.5) is 5.69 Å². The zero-order valence-corrected chi connectivity index (χ0v) is 10.4. The summed E-state index contributed by atoms with van der Waals surface area (Å²) in [7, 11) is 0. The van der Waals surface area contributed by atoms with Gasteiger partial charge in [-0.3, -0.25) is 10.1 Å². The highest BCUT2D eigenvalue weighted by atomic mass is 16.6. The van der Waals surface area contributed by atoms with E-state index in [0.29, 0.717) is 6.54 Å². The van der Waals surface area contributed by atoms with Crippen LogP contribution in [0.2, 0.25) is 0 Å². The first-order chi connectivity index (χ1) is 9.13. The molecule has 19 heavy (non-hydrogen) atoms. The van der Waals surface area contributed by atoms with Gasteiger partial charge in [0.05, 0.1) is 17.0 Å². The molecule has 0 spiro atoms. The van der Waals surface area contributed by atoms with Crippen molar-refractivity contribution in [2.75, 3.05) is 0 Å². The molecule has 3 rings (SSSR count). The van der Waals surface area contributed by atoms with Crippen molar-refractivity contribution in [1.82, 2.24) is 4.57 Å². The molecule has 0 amide bonds. The highest BCUT2D eigenvalue weighted by molar-refractivity contribution is 5.82. The topological polar surface area (TPSA) is 61.2 Å². The fraction of sp³-hybridized carbons (Fsp3) is 0.143. The van der Waals surface area contributed by atoms with Crippen molar-refractivity contribution in [3.8, 4) is 0 Å². The number of fused-ring (bicyclic) bond motifs is 1. The van der Waals surface area contributed by atoms with Gasteiger partial charge >= 0.3 is 0 Å². The molecule has 96 valence electrons. The quantitative estimate of drug-likeness (QED) is 0.532. The minimum absolute atomic E-state index is 0.100. The Kier molecular flexibility index (Phi) is 2.59. The van der Waals surface area contributed by atoms with Gasteiger partial charge in [-0.25, -0.2) is 0 Å². The molecule has 0 N–H and O–H groups in total. The Labute approximate surface area is 109 Å². The van der Waals surface area contributed by atoms with Gasteiger partial charge in [0.15, 0.2) is 0 Å². The van der Waals surface area contributed by atoms with Crippen molar-refractivity contribution < 1.29 is 9.34 Å². The second-order valence-corrected chi connectivity index (χ2v) is 4.46. The predicted octanol–water partition coefficient (Wildman–Crippen LogP) is 3.50. The molecule has 5 nitrogen and oxygen atoms in total. The summed E-state index contributed by atoms with van der Waals surface area (Å²) in [6.07, 6.45) is 1.91. The molecule has 0 saturated heterocycles. The van der Waals surface area contributed by atoms with E-state index in [4.69, 9.17) is 4.42 Å². The van der Waals surface area contributed by atoms with E-state index in [1.165, 1.54) is 6.07 Å². The number of aromatic nitrogens is 1. The number of non-ortho nitro benzene ring substituents is 1. The molecule has 0 atom stereocenters. The summed E-state index contributed by atoms with van der Waals surface area (Å²) in [6, 6.07) is 10.6. The minimum Gasteiger partial charge on any atom is -0.464 e. The summed E-state index contributed by atoms with van der Waals surface area (Å²) < 4.78 is 7.47. The first-order valence-corrected chi connectivity index (χ1v) is 5.92. The normalized spacial score (nSPS) is 11.0. The third kappa shape index (κ3) is 2.10. The number of hydrogen-bond donors (Lipinski definition) is 0. The van der Waals surface area contributed by atoms with Crippen LogP contribution in [-0.2, 0) is 6.54 Å². The van der Waals surface area contributed by atoms with E-state index in [-0.39, 0.29) is 10.6 Å². The van der Waals surface area contributed by atoms with Gasteiger partial charge < -0.3 is 8.98 Å². The largest absolute Gasteiger partial charge is 0.464 e. The molecular formula is C14H12N2O3. The zero-order valence-electron chi connectivity index (χ0n) is 10.4. The van der Waals surface area contributed by atoms with E-state index < -0.39 is 0 Å². The SMILES string of the molecule is Cc1ccc(Cn2ccc3ccc([N+](=O)[O-])cc32)o1. The summed E-state index contributed by atoms with van der Waals surface area (Å²) in [5.74, 6) is 1.69. The van der Waals surface area contributed by atoms with Crippen LogP contribution >= 0.6 is 0 Å². The van der Waals surface area contributed by atoms with Crippen LogP contribution in [0.5, 0.6) is 0 Å². The Bertz CT molecular complexity index is 755. The van der Waals surface area contributed by atoms with E-state index in [0.717, 1.165) is 22.4 Å². The van der Waals surface area contributed by atoms with Crippen molar-refractivity contribution in [3.63, 3.8) is 0 Å². The summed E-state index contributed by atoms with van der Waals surface area (Å²) >= 11 is 0. The first kappa shape index (κ1) is 11.5. The lowest BCUT2D eigenvalue weighted by Gasteiger charge is -2.02. The smallest absolute Gasteiger partial charge is 0.271 e. The van der Waals surface area contributed by atoms with Crippen LogP contribution in [-0.4, -0.2) is 9.49 Å². The first-order valence-electron chi connectivity index (χ1n) is 5.92. The third-order valence-electron chi connectivity index (χ3n) is 3.09. The molecule has 0 bridgehead atoms. The van der Waals surface area contributed by atoms with Crippen LogP contribution < -0.4 is 0 Å². The molecule has 3 aromatic rings. The Morgan fingerprint density at radius 1 is 1.26 bits per heavy atom. The average Bonchev–Trinajstić information content (AvgIpc) is 2.96. The highest BCUT2D eigenvalue weighted by Gasteiger charge is 2.10. The number of hydrogen-bond acceptors (Lipinski definition) is 3. The second-order valence-electron chi connectivity index (χ2n) is 4.46. The van der Waals surface area contributed by atoms with E-state index in [9.17, 15) is 10.1 Å². The zero-order chi connectivity index (χ0) is 13.4. The Morgan fingerprint density at radius 3 is 2.79 bits per heavy atom. The fourth-order valence-electron chi connectivity index (χ4n) is 2.16. The number of nitro benzene ring substituents is 1. The van der Waals surface area contributed by atoms with Crippen LogP contribution in [0.25, 0.3) is 10.9 Å². The molecule has 1 aromatic carbocycles. The second kappa shape index (κ2) is 4.28. The van der Waals surface area contributed by atoms with Crippen molar-refractivity contribution >= 4 is 16.6 Å². The molecule has 0 aliphatic carbocycles. The van der Waals surface area contributed by atoms with Gasteiger partial charge in [-0.05, 0) is 31.2 Å². The summed E-state index contributed by atoms with van der Waals surface area (Å²) in [5, 5.41) is 11.8. The Morgan fingerprint density at radius 2 is 2.11 bits per heavy atom. The van der Waals surface area contributed by atoms with Gasteiger partial charge in [-0.2, -0.15) is 0 Å². The molecule has 0 radical (unpaired) electrons. The van der Waals surface area contributed by atoms with Crippen molar-refractivity contribution in [2.24, 2.45) is 0 Å². The molecule has 2 heterocycles. The fourth-order valence-corrected chi connectivity index (χ4v) is 2.16. The molecule has 0 fully saturated rings. The van der Waals surface area contributed by atoms with Crippen molar-refractivity contribution in [3.05, 3.63) is 64.2 Å². The van der Waals surface area contributed by atoms with Crippen LogP contribution in [0, 0.1) is 17.0 Å². The maximum atomic E-state index is 10.8. The Balaban J connectivity index is 2.03. The van der Waals surface area contributed by atoms with Gasteiger partial charge in [0.1, 0.15) is 11.5 Å². The highest BCUT2D eigenvalue weighted by Crippen LogP contribution is 2.23. The molecule has 0 aliphatic heterocycles. The summed E-state index contributed by atoms with van der Waals surface area (Å²) in [4.78, 5) is 10.4. The van der Waals surface area contributed by atoms with Crippen LogP contribution in [0.15, 0.2) is 47.0 Å². The number of benzene rings is 1. The van der Waals surface area contributed by atoms with E-state index in [1.54, 1.807) is 12.1 Å². The van der Waals surface area contributed by atoms with Crippen molar-refractivity contribution in [2.45, 2.75) is 13.5 Å². The predicted molar refractivity (Wildman–Crippen MR) is 71.1 cm³/mol. The van der Waals surface area contributed by atoms with Crippen LogP contribution in [0.1, 0.15) is 11.5 Å². The lowest BCUT2D eigenvalue weighted by molar-refractivity contribution is -0.384. The Hall–Kier alpha value is -2.56. The number of furan rings is 1. The molecule has 0 unspecified atom stereocenters. The standard InChI is InChI=1S/C14H12N2O3/c1-10-2-5-13(19-10)9-15-7-6-11-3-4-12(16(17)18)8-14(11)15/h2-8H,9H2,1H3. The minimum atomic E-state index is -0.381. The van der Waals surface area contributed by atoms with E-state index >= 15 is 0 Å². The third-order valence-corrected chi connectivity index (χ3v) is 3.09. The van der Waals surface area contributed by atoms with E-state index in [1.807, 2.05) is 35.9 Å². The van der Waals surface area contributed by atoms with Gasteiger partial charge in [0.2, 0.25) is 0 Å². The van der Waals surface area contributed by atoms with Gasteiger partial charge in [0.25, 0.3) is 5.69 Å². The van der Waals surface area contributed by atoms with Gasteiger partial charge in [-0.1, -0.05) is 0 Å². The number of nitro groups is 1. The van der Waals surface area contributed by atoms with Gasteiger partial charge in [0, 0.05) is 23.7 Å². The van der Waals surface area contributed by atoms with Crippen LogP contribution in [0.3, 0.4) is 0 Å².